The van der Waals surface area contributed by atoms with Gasteiger partial charge in [0.05, 0.1) is 28.9 Å². The lowest BCUT2D eigenvalue weighted by atomic mass is 10.2. The SMILES string of the molecule is COc1ccc(Cl)c(Nc2nc3ccccc3nc2NSc2cccc(C)c2)c1. The van der Waals surface area contributed by atoms with Gasteiger partial charge in [0.25, 0.3) is 0 Å². The molecular formula is C22H19ClN4OS. The Kier molecular flexibility index (Phi) is 5.74. The van der Waals surface area contributed by atoms with E-state index in [2.05, 4.69) is 29.1 Å². The summed E-state index contributed by atoms with van der Waals surface area (Å²) in [6.45, 7) is 2.07. The topological polar surface area (TPSA) is 59.1 Å². The first-order valence-corrected chi connectivity index (χ1v) is 10.2. The fourth-order valence-corrected chi connectivity index (χ4v) is 3.71. The molecule has 0 aliphatic heterocycles. The van der Waals surface area contributed by atoms with E-state index < -0.39 is 0 Å². The molecule has 0 saturated carbocycles. The van der Waals surface area contributed by atoms with E-state index in [9.17, 15) is 0 Å². The second kappa shape index (κ2) is 8.59. The molecule has 0 aliphatic rings. The van der Waals surface area contributed by atoms with Crippen molar-refractivity contribution in [1.82, 2.24) is 9.97 Å². The molecule has 5 nitrogen and oxygen atoms in total. The molecule has 1 heterocycles. The first kappa shape index (κ1) is 19.4. The molecule has 29 heavy (non-hydrogen) atoms. The van der Waals surface area contributed by atoms with Gasteiger partial charge >= 0.3 is 0 Å². The van der Waals surface area contributed by atoms with Gasteiger partial charge in [-0.25, -0.2) is 9.97 Å². The molecule has 4 aromatic rings. The molecule has 2 N–H and O–H groups in total. The van der Waals surface area contributed by atoms with Crippen LogP contribution in [0.25, 0.3) is 11.0 Å². The summed E-state index contributed by atoms with van der Waals surface area (Å²) in [5.41, 5.74) is 3.49. The second-order valence-corrected chi connectivity index (χ2v) is 7.69. The summed E-state index contributed by atoms with van der Waals surface area (Å²) in [6.07, 6.45) is 0. The minimum Gasteiger partial charge on any atom is -0.497 e. The molecule has 3 aromatic carbocycles. The molecule has 0 atom stereocenters. The maximum atomic E-state index is 6.37. The number of aromatic nitrogens is 2. The number of ether oxygens (including phenoxy) is 1. The van der Waals surface area contributed by atoms with Gasteiger partial charge in [0.1, 0.15) is 5.75 Å². The van der Waals surface area contributed by atoms with Crippen molar-refractivity contribution in [3.63, 3.8) is 0 Å². The summed E-state index contributed by atoms with van der Waals surface area (Å²) in [5, 5.41) is 3.86. The van der Waals surface area contributed by atoms with Crippen LogP contribution in [-0.2, 0) is 0 Å². The van der Waals surface area contributed by atoms with Crippen LogP contribution >= 0.6 is 23.5 Å². The standard InChI is InChI=1S/C22H19ClN4OS/c1-14-6-5-7-16(12-14)29-27-22-21(24-18-8-3-4-9-19(18)25-22)26-20-13-15(28-2)10-11-17(20)23/h3-13H,1-2H3,(H,24,26)(H,25,27). The van der Waals surface area contributed by atoms with Crippen LogP contribution in [0.2, 0.25) is 5.02 Å². The number of aryl methyl sites for hydroxylation is 1. The van der Waals surface area contributed by atoms with Gasteiger partial charge in [-0.15, -0.1) is 0 Å². The van der Waals surface area contributed by atoms with E-state index in [1.54, 1.807) is 13.2 Å². The Balaban J connectivity index is 1.70. The Morgan fingerprint density at radius 1 is 0.897 bits per heavy atom. The minimum atomic E-state index is 0.568. The van der Waals surface area contributed by atoms with Crippen LogP contribution < -0.4 is 14.8 Å². The van der Waals surface area contributed by atoms with Crippen LogP contribution in [0.5, 0.6) is 5.75 Å². The molecular weight excluding hydrogens is 404 g/mol. The number of rotatable bonds is 6. The monoisotopic (exact) mass is 422 g/mol. The molecule has 0 spiro atoms. The number of nitrogens with one attached hydrogen (secondary N) is 2. The van der Waals surface area contributed by atoms with Crippen LogP contribution in [0.1, 0.15) is 5.56 Å². The predicted molar refractivity (Wildman–Crippen MR) is 121 cm³/mol. The lowest BCUT2D eigenvalue weighted by Gasteiger charge is -2.14. The van der Waals surface area contributed by atoms with Gasteiger partial charge in [-0.1, -0.05) is 35.9 Å². The van der Waals surface area contributed by atoms with Crippen LogP contribution in [0.3, 0.4) is 0 Å². The summed E-state index contributed by atoms with van der Waals surface area (Å²) >= 11 is 7.85. The zero-order valence-corrected chi connectivity index (χ0v) is 17.5. The molecule has 0 amide bonds. The first-order chi connectivity index (χ1) is 14.1. The van der Waals surface area contributed by atoms with Gasteiger partial charge in [-0.2, -0.15) is 0 Å². The van der Waals surface area contributed by atoms with Crippen molar-refractivity contribution in [2.75, 3.05) is 17.1 Å². The molecule has 0 unspecified atom stereocenters. The third-order valence-electron chi connectivity index (χ3n) is 4.25. The molecule has 146 valence electrons. The Bertz CT molecular complexity index is 1170. The van der Waals surface area contributed by atoms with Crippen LogP contribution in [0.15, 0.2) is 71.6 Å². The largest absolute Gasteiger partial charge is 0.497 e. The highest BCUT2D eigenvalue weighted by molar-refractivity contribution is 8.00. The van der Waals surface area contributed by atoms with Crippen molar-refractivity contribution < 1.29 is 4.74 Å². The van der Waals surface area contributed by atoms with Crippen molar-refractivity contribution in [3.8, 4) is 5.75 Å². The zero-order valence-electron chi connectivity index (χ0n) is 15.9. The molecule has 0 radical (unpaired) electrons. The fraction of sp³-hybridized carbons (Fsp3) is 0.0909. The second-order valence-electron chi connectivity index (χ2n) is 6.40. The van der Waals surface area contributed by atoms with Crippen LogP contribution in [0.4, 0.5) is 17.3 Å². The summed E-state index contributed by atoms with van der Waals surface area (Å²) in [7, 11) is 1.62. The lowest BCUT2D eigenvalue weighted by Crippen LogP contribution is -2.03. The Morgan fingerprint density at radius 3 is 2.38 bits per heavy atom. The van der Waals surface area contributed by atoms with Crippen LogP contribution in [-0.4, -0.2) is 17.1 Å². The average molecular weight is 423 g/mol. The van der Waals surface area contributed by atoms with E-state index in [1.807, 2.05) is 48.5 Å². The van der Waals surface area contributed by atoms with Crippen molar-refractivity contribution in [1.29, 1.82) is 0 Å². The molecule has 4 rings (SSSR count). The van der Waals surface area contributed by atoms with E-state index in [0.717, 1.165) is 15.9 Å². The van der Waals surface area contributed by atoms with E-state index in [0.29, 0.717) is 28.1 Å². The molecule has 0 fully saturated rings. The molecule has 0 bridgehead atoms. The van der Waals surface area contributed by atoms with Gasteiger partial charge in [0.15, 0.2) is 11.6 Å². The summed E-state index contributed by atoms with van der Waals surface area (Å²) in [5.74, 6) is 1.90. The van der Waals surface area contributed by atoms with Crippen molar-refractivity contribution >= 4 is 51.9 Å². The van der Waals surface area contributed by atoms with E-state index in [1.165, 1.54) is 17.5 Å². The highest BCUT2D eigenvalue weighted by Crippen LogP contribution is 2.33. The maximum Gasteiger partial charge on any atom is 0.180 e. The number of hydrogen-bond acceptors (Lipinski definition) is 6. The minimum absolute atomic E-state index is 0.568. The average Bonchev–Trinajstić information content (AvgIpc) is 2.74. The normalized spacial score (nSPS) is 10.7. The summed E-state index contributed by atoms with van der Waals surface area (Å²) in [6, 6.07) is 21.4. The van der Waals surface area contributed by atoms with Gasteiger partial charge in [-0.3, -0.25) is 0 Å². The summed E-state index contributed by atoms with van der Waals surface area (Å²) in [4.78, 5) is 10.6. The number of anilines is 3. The van der Waals surface area contributed by atoms with E-state index in [-0.39, 0.29) is 0 Å². The van der Waals surface area contributed by atoms with Crippen molar-refractivity contribution in [2.24, 2.45) is 0 Å². The molecule has 1 aromatic heterocycles. The number of nitrogens with zero attached hydrogens (tertiary/aromatic N) is 2. The molecule has 7 heteroatoms. The third-order valence-corrected chi connectivity index (χ3v) is 5.37. The quantitative estimate of drug-likeness (QED) is 0.347. The molecule has 0 saturated heterocycles. The van der Waals surface area contributed by atoms with E-state index >= 15 is 0 Å². The Labute approximate surface area is 178 Å². The highest BCUT2D eigenvalue weighted by Gasteiger charge is 2.12. The van der Waals surface area contributed by atoms with Gasteiger partial charge in [0, 0.05) is 11.0 Å². The number of fused-ring (bicyclic) bond motifs is 1. The van der Waals surface area contributed by atoms with Crippen molar-refractivity contribution in [3.05, 3.63) is 77.3 Å². The highest BCUT2D eigenvalue weighted by atomic mass is 35.5. The number of para-hydroxylation sites is 2. The van der Waals surface area contributed by atoms with Gasteiger partial charge in [-0.05, 0) is 60.8 Å². The number of benzene rings is 3. The lowest BCUT2D eigenvalue weighted by molar-refractivity contribution is 0.415. The predicted octanol–water partition coefficient (Wildman–Crippen LogP) is 6.46. The van der Waals surface area contributed by atoms with Crippen LogP contribution in [0, 0.1) is 6.92 Å². The van der Waals surface area contributed by atoms with E-state index in [4.69, 9.17) is 26.3 Å². The summed E-state index contributed by atoms with van der Waals surface area (Å²) < 4.78 is 8.63. The first-order valence-electron chi connectivity index (χ1n) is 8.99. The zero-order chi connectivity index (χ0) is 20.2. The van der Waals surface area contributed by atoms with Crippen molar-refractivity contribution in [2.45, 2.75) is 11.8 Å². The number of methoxy groups -OCH3 is 1. The smallest absolute Gasteiger partial charge is 0.180 e. The third kappa shape index (κ3) is 4.55. The molecule has 0 aliphatic carbocycles. The van der Waals surface area contributed by atoms with Gasteiger partial charge < -0.3 is 14.8 Å². The number of halogens is 1. The Hall–Kier alpha value is -2.96. The fourth-order valence-electron chi connectivity index (χ4n) is 2.80. The Morgan fingerprint density at radius 2 is 1.66 bits per heavy atom. The number of hydrogen-bond donors (Lipinski definition) is 2. The van der Waals surface area contributed by atoms with Gasteiger partial charge in [0.2, 0.25) is 0 Å². The maximum absolute atomic E-state index is 6.37.